The van der Waals surface area contributed by atoms with Crippen molar-refractivity contribution in [3.05, 3.63) is 64.5 Å². The standard InChI is InChI=1S/C17H12FNO2/c18-16-5-1-11(9-19)7-13(16)10-21-14-3-4-15-12(8-14)2-6-17(15)20/h1,3-5,7-8H,2,6,10H2. The minimum atomic E-state index is -0.398. The van der Waals surface area contributed by atoms with E-state index in [1.807, 2.05) is 12.1 Å². The second-order valence-corrected chi connectivity index (χ2v) is 4.95. The van der Waals surface area contributed by atoms with Gasteiger partial charge in [0.15, 0.2) is 5.78 Å². The Balaban J connectivity index is 1.77. The molecule has 0 aliphatic heterocycles. The minimum Gasteiger partial charge on any atom is -0.489 e. The van der Waals surface area contributed by atoms with Crippen LogP contribution in [0.25, 0.3) is 0 Å². The number of nitriles is 1. The molecule has 0 saturated carbocycles. The molecule has 0 spiro atoms. The first-order valence-electron chi connectivity index (χ1n) is 6.65. The van der Waals surface area contributed by atoms with Gasteiger partial charge < -0.3 is 4.74 Å². The summed E-state index contributed by atoms with van der Waals surface area (Å²) in [5.41, 5.74) is 2.46. The van der Waals surface area contributed by atoms with Crippen LogP contribution in [0.15, 0.2) is 36.4 Å². The van der Waals surface area contributed by atoms with Crippen molar-refractivity contribution >= 4 is 5.78 Å². The highest BCUT2D eigenvalue weighted by atomic mass is 19.1. The summed E-state index contributed by atoms with van der Waals surface area (Å²) in [5.74, 6) is 0.361. The number of hydrogen-bond acceptors (Lipinski definition) is 3. The highest BCUT2D eigenvalue weighted by Gasteiger charge is 2.19. The summed E-state index contributed by atoms with van der Waals surface area (Å²) in [7, 11) is 0. The molecular weight excluding hydrogens is 269 g/mol. The van der Waals surface area contributed by atoms with E-state index in [1.165, 1.54) is 18.2 Å². The summed E-state index contributed by atoms with van der Waals surface area (Å²) in [4.78, 5) is 11.6. The van der Waals surface area contributed by atoms with Crippen LogP contribution in [0.3, 0.4) is 0 Å². The average Bonchev–Trinajstić information content (AvgIpc) is 2.87. The van der Waals surface area contributed by atoms with E-state index in [-0.39, 0.29) is 12.4 Å². The maximum absolute atomic E-state index is 13.6. The normalized spacial score (nSPS) is 12.9. The molecule has 1 aliphatic carbocycles. The van der Waals surface area contributed by atoms with E-state index in [0.717, 1.165) is 17.5 Å². The van der Waals surface area contributed by atoms with Gasteiger partial charge in [-0.3, -0.25) is 4.79 Å². The Morgan fingerprint density at radius 3 is 2.86 bits per heavy atom. The van der Waals surface area contributed by atoms with E-state index >= 15 is 0 Å². The van der Waals surface area contributed by atoms with E-state index in [9.17, 15) is 9.18 Å². The number of Topliss-reactive ketones (excluding diaryl/α,β-unsaturated/α-hetero) is 1. The molecule has 0 saturated heterocycles. The van der Waals surface area contributed by atoms with Gasteiger partial charge in [0, 0.05) is 17.5 Å². The summed E-state index contributed by atoms with van der Waals surface area (Å²) in [6, 6.07) is 11.4. The van der Waals surface area contributed by atoms with Crippen molar-refractivity contribution in [1.82, 2.24) is 0 Å². The number of carbonyl (C=O) groups is 1. The van der Waals surface area contributed by atoms with Gasteiger partial charge in [0.05, 0.1) is 11.6 Å². The molecule has 1 aliphatic rings. The van der Waals surface area contributed by atoms with Crippen LogP contribution in [-0.2, 0) is 13.0 Å². The number of ether oxygens (including phenoxy) is 1. The number of nitrogens with zero attached hydrogens (tertiary/aromatic N) is 1. The largest absolute Gasteiger partial charge is 0.489 e. The van der Waals surface area contributed by atoms with Crippen LogP contribution in [0.2, 0.25) is 0 Å². The summed E-state index contributed by atoms with van der Waals surface area (Å²) in [6.07, 6.45) is 1.27. The molecule has 4 heteroatoms. The Morgan fingerprint density at radius 1 is 1.19 bits per heavy atom. The van der Waals surface area contributed by atoms with Gasteiger partial charge in [-0.05, 0) is 48.4 Å². The molecule has 0 N–H and O–H groups in total. The Hall–Kier alpha value is -2.67. The van der Waals surface area contributed by atoms with Gasteiger partial charge in [-0.15, -0.1) is 0 Å². The molecule has 0 amide bonds. The first-order valence-corrected chi connectivity index (χ1v) is 6.65. The van der Waals surface area contributed by atoms with Gasteiger partial charge in [0.1, 0.15) is 18.2 Å². The summed E-state index contributed by atoms with van der Waals surface area (Å²) >= 11 is 0. The molecule has 0 unspecified atom stereocenters. The second-order valence-electron chi connectivity index (χ2n) is 4.95. The number of carbonyl (C=O) groups excluding carboxylic acids is 1. The lowest BCUT2D eigenvalue weighted by Gasteiger charge is -2.09. The fourth-order valence-corrected chi connectivity index (χ4v) is 2.44. The summed E-state index contributed by atoms with van der Waals surface area (Å²) in [5, 5.41) is 8.82. The van der Waals surface area contributed by atoms with E-state index in [1.54, 1.807) is 12.1 Å². The molecule has 0 bridgehead atoms. The first kappa shape index (κ1) is 13.3. The molecule has 0 aromatic heterocycles. The van der Waals surface area contributed by atoms with Crippen molar-refractivity contribution in [1.29, 1.82) is 5.26 Å². The number of halogens is 1. The molecule has 2 aromatic rings. The van der Waals surface area contributed by atoms with Gasteiger partial charge in [0.2, 0.25) is 0 Å². The Morgan fingerprint density at radius 2 is 2.05 bits per heavy atom. The lowest BCUT2D eigenvalue weighted by atomic mass is 10.1. The molecule has 0 radical (unpaired) electrons. The van der Waals surface area contributed by atoms with Crippen molar-refractivity contribution in [2.45, 2.75) is 19.4 Å². The quantitative estimate of drug-likeness (QED) is 0.866. The topological polar surface area (TPSA) is 50.1 Å². The maximum atomic E-state index is 13.6. The van der Waals surface area contributed by atoms with Gasteiger partial charge >= 0.3 is 0 Å². The van der Waals surface area contributed by atoms with Crippen LogP contribution >= 0.6 is 0 Å². The first-order chi connectivity index (χ1) is 10.2. The third-order valence-electron chi connectivity index (χ3n) is 3.57. The van der Waals surface area contributed by atoms with Crippen LogP contribution < -0.4 is 4.74 Å². The fraction of sp³-hybridized carbons (Fsp3) is 0.176. The van der Waals surface area contributed by atoms with Gasteiger partial charge in [-0.25, -0.2) is 4.39 Å². The Bertz CT molecular complexity index is 762. The molecule has 21 heavy (non-hydrogen) atoms. The van der Waals surface area contributed by atoms with E-state index in [0.29, 0.717) is 23.3 Å². The SMILES string of the molecule is N#Cc1ccc(F)c(COc2ccc3c(c2)CCC3=O)c1. The third-order valence-corrected chi connectivity index (χ3v) is 3.57. The molecule has 2 aromatic carbocycles. The van der Waals surface area contributed by atoms with Crippen LogP contribution in [0.4, 0.5) is 4.39 Å². The number of aryl methyl sites for hydroxylation is 1. The van der Waals surface area contributed by atoms with Crippen LogP contribution in [0.5, 0.6) is 5.75 Å². The molecule has 0 fully saturated rings. The van der Waals surface area contributed by atoms with Crippen molar-refractivity contribution in [2.24, 2.45) is 0 Å². The highest BCUT2D eigenvalue weighted by molar-refractivity contribution is 6.00. The number of hydrogen-bond donors (Lipinski definition) is 0. The lowest BCUT2D eigenvalue weighted by Crippen LogP contribution is -2.00. The van der Waals surface area contributed by atoms with Crippen molar-refractivity contribution in [2.75, 3.05) is 0 Å². The van der Waals surface area contributed by atoms with E-state index in [2.05, 4.69) is 0 Å². The molecule has 3 rings (SSSR count). The Labute approximate surface area is 121 Å². The number of benzene rings is 2. The summed E-state index contributed by atoms with van der Waals surface area (Å²) < 4.78 is 19.2. The van der Waals surface area contributed by atoms with Crippen molar-refractivity contribution in [3.63, 3.8) is 0 Å². The maximum Gasteiger partial charge on any atom is 0.163 e. The van der Waals surface area contributed by atoms with E-state index < -0.39 is 5.82 Å². The number of fused-ring (bicyclic) bond motifs is 1. The summed E-state index contributed by atoms with van der Waals surface area (Å²) in [6.45, 7) is 0.0497. The number of rotatable bonds is 3. The van der Waals surface area contributed by atoms with Crippen LogP contribution in [0, 0.1) is 17.1 Å². The smallest absolute Gasteiger partial charge is 0.163 e. The third kappa shape index (κ3) is 2.63. The monoisotopic (exact) mass is 281 g/mol. The van der Waals surface area contributed by atoms with E-state index in [4.69, 9.17) is 10.00 Å². The zero-order chi connectivity index (χ0) is 14.8. The molecule has 0 atom stereocenters. The zero-order valence-corrected chi connectivity index (χ0v) is 11.2. The van der Waals surface area contributed by atoms with Gasteiger partial charge in [-0.2, -0.15) is 5.26 Å². The zero-order valence-electron chi connectivity index (χ0n) is 11.2. The Kier molecular flexibility index (Phi) is 3.41. The molecule has 0 heterocycles. The highest BCUT2D eigenvalue weighted by Crippen LogP contribution is 2.26. The molecular formula is C17H12FNO2. The van der Waals surface area contributed by atoms with Crippen LogP contribution in [0.1, 0.15) is 33.5 Å². The second kappa shape index (κ2) is 5.37. The fourth-order valence-electron chi connectivity index (χ4n) is 2.44. The molecule has 3 nitrogen and oxygen atoms in total. The average molecular weight is 281 g/mol. The predicted molar refractivity (Wildman–Crippen MR) is 74.5 cm³/mol. The van der Waals surface area contributed by atoms with Crippen molar-refractivity contribution < 1.29 is 13.9 Å². The minimum absolute atomic E-state index is 0.0497. The molecule has 104 valence electrons. The van der Waals surface area contributed by atoms with Crippen LogP contribution in [-0.4, -0.2) is 5.78 Å². The van der Waals surface area contributed by atoms with Gasteiger partial charge in [0.25, 0.3) is 0 Å². The van der Waals surface area contributed by atoms with Crippen molar-refractivity contribution in [3.8, 4) is 11.8 Å². The van der Waals surface area contributed by atoms with Gasteiger partial charge in [-0.1, -0.05) is 0 Å². The lowest BCUT2D eigenvalue weighted by molar-refractivity contribution is 0.0994. The predicted octanol–water partition coefficient (Wildman–Crippen LogP) is 3.41. The number of ketones is 1.